The minimum absolute atomic E-state index is 0. The van der Waals surface area contributed by atoms with E-state index in [1.54, 1.807) is 42.5 Å². The van der Waals surface area contributed by atoms with Crippen molar-refractivity contribution in [2.75, 3.05) is 18.4 Å². The Bertz CT molecular complexity index is 1450. The Balaban J connectivity index is 0.000000810. The molecule has 5 rings (SSSR count). The topological polar surface area (TPSA) is 68.7 Å². The van der Waals surface area contributed by atoms with E-state index in [1.165, 1.54) is 6.38 Å². The molecule has 0 bridgehead atoms. The average molecular weight is 704 g/mol. The first-order valence-corrected chi connectivity index (χ1v) is 14.7. The van der Waals surface area contributed by atoms with Gasteiger partial charge in [-0.25, -0.2) is 4.79 Å². The van der Waals surface area contributed by atoms with Gasteiger partial charge in [-0.2, -0.15) is 6.42 Å². The van der Waals surface area contributed by atoms with Gasteiger partial charge in [0.1, 0.15) is 12.4 Å². The van der Waals surface area contributed by atoms with E-state index in [4.69, 9.17) is 9.47 Å². The summed E-state index contributed by atoms with van der Waals surface area (Å²) in [6.07, 6.45) is 8.94. The number of fused-ring (bicyclic) bond motifs is 2. The molecular weight excluding hydrogens is 664 g/mol. The molecule has 1 unspecified atom stereocenters. The summed E-state index contributed by atoms with van der Waals surface area (Å²) in [6, 6.07) is 26.3. The molecule has 0 radical (unpaired) electrons. The van der Waals surface area contributed by atoms with E-state index in [0.29, 0.717) is 24.1 Å². The fourth-order valence-electron chi connectivity index (χ4n) is 4.36. The zero-order valence-corrected chi connectivity index (χ0v) is 29.8. The minimum Gasteiger partial charge on any atom is -1.00 e. The molecule has 3 aromatic carbocycles. The van der Waals surface area contributed by atoms with Gasteiger partial charge < -0.3 is 33.4 Å². The Labute approximate surface area is 299 Å². The number of amides is 1. The number of benzene rings is 3. The number of anilines is 1. The number of hydrogen-bond donors (Lipinski definition) is 0. The molecule has 0 aliphatic carbocycles. The molecule has 1 atom stereocenters. The van der Waals surface area contributed by atoms with E-state index >= 15 is 0 Å². The number of para-hydroxylation sites is 2. The Kier molecular flexibility index (Phi) is 22.4. The Morgan fingerprint density at radius 1 is 1.00 bits per heavy atom. The van der Waals surface area contributed by atoms with Crippen molar-refractivity contribution in [3.8, 4) is 5.75 Å². The predicted octanol–water partition coefficient (Wildman–Crippen LogP) is 5.87. The molecule has 1 aromatic heterocycles. The number of allylic oxidation sites excluding steroid dienone is 2. The van der Waals surface area contributed by atoms with E-state index < -0.39 is 6.09 Å². The average Bonchev–Trinajstić information content (AvgIpc) is 3.08. The maximum atomic E-state index is 12.8. The van der Waals surface area contributed by atoms with Crippen LogP contribution >= 0.6 is 11.6 Å². The van der Waals surface area contributed by atoms with Crippen LogP contribution in [-0.4, -0.2) is 59.4 Å². The van der Waals surface area contributed by atoms with Crippen LogP contribution in [0.3, 0.4) is 0 Å². The number of Topliss-reactive ketones (excluding diaryl/α,β-unsaturated/α-hetero) is 1. The van der Waals surface area contributed by atoms with E-state index in [1.807, 2.05) is 72.8 Å². The molecule has 0 saturated heterocycles. The van der Waals surface area contributed by atoms with Crippen molar-refractivity contribution in [2.45, 2.75) is 38.3 Å². The summed E-state index contributed by atoms with van der Waals surface area (Å²) < 4.78 is 10.7. The predicted molar refractivity (Wildman–Crippen MR) is 184 cm³/mol. The number of carbonyl (C=O) groups excluding carboxylic acids is 2. The molecule has 4 aromatic rings. The van der Waals surface area contributed by atoms with Crippen molar-refractivity contribution in [3.05, 3.63) is 134 Å². The molecule has 2 heterocycles. The number of halogens is 2. The van der Waals surface area contributed by atoms with Crippen LogP contribution < -0.4 is 26.6 Å². The summed E-state index contributed by atoms with van der Waals surface area (Å²) in [6.45, 7) is 10.8. The van der Waals surface area contributed by atoms with Crippen LogP contribution in [-0.2, 0) is 11.3 Å². The number of aromatic nitrogens is 1. The number of pyridine rings is 1. The van der Waals surface area contributed by atoms with E-state index in [0.717, 1.165) is 35.1 Å². The van der Waals surface area contributed by atoms with Gasteiger partial charge in [-0.1, -0.05) is 60.7 Å². The van der Waals surface area contributed by atoms with Gasteiger partial charge in [0.05, 0.1) is 18.3 Å². The van der Waals surface area contributed by atoms with Crippen LogP contribution in [0.25, 0.3) is 10.9 Å². The summed E-state index contributed by atoms with van der Waals surface area (Å²) >= 11 is 4.64. The second-order valence-corrected chi connectivity index (χ2v) is 9.18. The van der Waals surface area contributed by atoms with Crippen molar-refractivity contribution < 1.29 is 36.0 Å². The van der Waals surface area contributed by atoms with Gasteiger partial charge in [0.25, 0.3) is 0 Å². The maximum Gasteiger partial charge on any atom is 2.00 e. The smallest absolute Gasteiger partial charge is 1.00 e. The van der Waals surface area contributed by atoms with E-state index in [-0.39, 0.29) is 58.5 Å². The third kappa shape index (κ3) is 13.0. The molecule has 0 saturated carbocycles. The van der Waals surface area contributed by atoms with E-state index in [9.17, 15) is 9.59 Å². The van der Waals surface area contributed by atoms with Crippen LogP contribution in [0.15, 0.2) is 116 Å². The first-order chi connectivity index (χ1) is 21.0. The molecule has 45 heavy (non-hydrogen) atoms. The van der Waals surface area contributed by atoms with Crippen LogP contribution in [0, 0.1) is 6.92 Å². The number of alkyl halides is 1. The monoisotopic (exact) mass is 702 g/mol. The second-order valence-electron chi connectivity index (χ2n) is 9.18. The van der Waals surface area contributed by atoms with Crippen LogP contribution in [0.2, 0.25) is 0 Å². The van der Waals surface area contributed by atoms with Gasteiger partial charge in [0.2, 0.25) is 0 Å². The van der Waals surface area contributed by atoms with Gasteiger partial charge in [-0.15, -0.1) is 30.8 Å². The standard InChI is InChI=1S/C21H21NO3.C10H9NO.C4H7.CH3Cl.BrH.Mg/c1-2-3-11-17-14-20(23)18-12-7-8-13-19(18)22(17)21(24)25-15-16-9-5-4-6-10-16;1-12-10-6-7-11-9-5-3-2-4-8(9)10;1-3-4-2;1-2;;/h2,4-10,12-13,17H,1,3,11,14-15H2;2-7H,1H3;3H,1-2,4H2;1H3;1H;/q;;-1;;;+2/p-1. The van der Waals surface area contributed by atoms with Crippen LogP contribution in [0.5, 0.6) is 5.75 Å². The summed E-state index contributed by atoms with van der Waals surface area (Å²) in [4.78, 5) is 31.0. The number of nitrogens with zero attached hydrogens (tertiary/aromatic N) is 2. The zero-order valence-electron chi connectivity index (χ0n) is 26.0. The van der Waals surface area contributed by atoms with Crippen LogP contribution in [0.4, 0.5) is 10.5 Å². The largest absolute Gasteiger partial charge is 2.00 e. The van der Waals surface area contributed by atoms with Gasteiger partial charge in [0.15, 0.2) is 5.78 Å². The van der Waals surface area contributed by atoms with Crippen molar-refractivity contribution in [3.63, 3.8) is 0 Å². The molecule has 1 aliphatic rings. The molecular formula is C36H40BrClMgN2O4. The number of carbonyl (C=O) groups is 2. The number of rotatable bonds is 7. The fourth-order valence-corrected chi connectivity index (χ4v) is 4.36. The number of ether oxygens (including phenoxy) is 2. The SMILES string of the molecule is C=CCCC1CC(=O)c2ccccc2N1C(=O)OCc1ccccc1.C=CC[CH2-].CCl.COc1ccnc2ccccc12.[Br-].[Mg+2]. The Morgan fingerprint density at radius 3 is 2.27 bits per heavy atom. The second kappa shape index (κ2) is 24.1. The first kappa shape index (κ1) is 41.8. The van der Waals surface area contributed by atoms with Crippen molar-refractivity contribution >= 4 is 63.1 Å². The van der Waals surface area contributed by atoms with Crippen LogP contribution in [0.1, 0.15) is 41.6 Å². The van der Waals surface area contributed by atoms with Crippen molar-refractivity contribution in [1.82, 2.24) is 4.98 Å². The first-order valence-electron chi connectivity index (χ1n) is 13.9. The normalized spacial score (nSPS) is 12.4. The molecule has 9 heteroatoms. The maximum absolute atomic E-state index is 12.8. The third-order valence-electron chi connectivity index (χ3n) is 6.39. The molecule has 1 aliphatic heterocycles. The molecule has 0 N–H and O–H groups in total. The molecule has 1 amide bonds. The Hall–Kier alpha value is -3.17. The third-order valence-corrected chi connectivity index (χ3v) is 6.39. The quantitative estimate of drug-likeness (QED) is 0.104. The minimum atomic E-state index is -0.419. The van der Waals surface area contributed by atoms with Crippen molar-refractivity contribution in [1.29, 1.82) is 0 Å². The summed E-state index contributed by atoms with van der Waals surface area (Å²) in [5.41, 5.74) is 3.11. The van der Waals surface area contributed by atoms with Gasteiger partial charge >= 0.3 is 29.1 Å². The number of methoxy groups -OCH3 is 1. The molecule has 0 fully saturated rings. The molecule has 234 valence electrons. The number of ketones is 1. The molecule has 6 nitrogen and oxygen atoms in total. The zero-order chi connectivity index (χ0) is 31.5. The molecule has 0 spiro atoms. The van der Waals surface area contributed by atoms with Gasteiger partial charge in [-0.3, -0.25) is 14.7 Å². The van der Waals surface area contributed by atoms with Gasteiger partial charge in [0, 0.05) is 36.0 Å². The number of hydrogen-bond acceptors (Lipinski definition) is 5. The summed E-state index contributed by atoms with van der Waals surface area (Å²) in [7, 11) is 1.67. The van der Waals surface area contributed by atoms with Gasteiger partial charge in [-0.05, 0) is 48.7 Å². The van der Waals surface area contributed by atoms with E-state index in [2.05, 4.69) is 36.7 Å². The Morgan fingerprint density at radius 2 is 1.62 bits per heavy atom. The van der Waals surface area contributed by atoms with Crippen molar-refractivity contribution in [2.24, 2.45) is 0 Å². The fraction of sp³-hybridized carbons (Fsp3) is 0.222. The summed E-state index contributed by atoms with van der Waals surface area (Å²) in [5.74, 6) is 0.942. The summed E-state index contributed by atoms with van der Waals surface area (Å²) in [5, 5.41) is 1.06.